The van der Waals surface area contributed by atoms with Crippen LogP contribution in [0.15, 0.2) is 41.5 Å². The summed E-state index contributed by atoms with van der Waals surface area (Å²) in [5.74, 6) is 0.455. The summed E-state index contributed by atoms with van der Waals surface area (Å²) in [6.07, 6.45) is 2.53. The van der Waals surface area contributed by atoms with Crippen LogP contribution in [0.5, 0.6) is 0 Å². The standard InChI is InChI=1S/C21H22N6O2/c1-13-6-7-17(20(14(13)2)27-12-22-23-24-27)21(29)25-9-15-8-16(11-25)18-4-3-5-19(28)26(18)10-15/h3-7,12,15-16H,8-11H2,1-2H3. The van der Waals surface area contributed by atoms with Crippen molar-refractivity contribution in [3.05, 3.63) is 69.4 Å². The molecular weight excluding hydrogens is 368 g/mol. The number of rotatable bonds is 2. The Kier molecular flexibility index (Phi) is 4.08. The number of carbonyl (C=O) groups excluding carboxylic acids is 1. The summed E-state index contributed by atoms with van der Waals surface area (Å²) in [4.78, 5) is 27.7. The Hall–Kier alpha value is -3.29. The zero-order chi connectivity index (χ0) is 20.1. The van der Waals surface area contributed by atoms with Crippen LogP contribution in [0.4, 0.5) is 0 Å². The highest BCUT2D eigenvalue weighted by molar-refractivity contribution is 5.98. The van der Waals surface area contributed by atoms with Gasteiger partial charge in [-0.05, 0) is 59.9 Å². The number of benzene rings is 1. The number of piperidine rings is 1. The SMILES string of the molecule is Cc1ccc(C(=O)N2CC3CC(C2)c2cccc(=O)n2C3)c(-n2cnnn2)c1C. The van der Waals surface area contributed by atoms with Gasteiger partial charge in [-0.25, -0.2) is 0 Å². The number of tetrazole rings is 1. The molecule has 2 bridgehead atoms. The summed E-state index contributed by atoms with van der Waals surface area (Å²) in [5, 5.41) is 11.5. The lowest BCUT2D eigenvalue weighted by Gasteiger charge is -2.43. The van der Waals surface area contributed by atoms with Crippen LogP contribution >= 0.6 is 0 Å². The first-order chi connectivity index (χ1) is 14.0. The molecular formula is C21H22N6O2. The number of likely N-dealkylation sites (tertiary alicyclic amines) is 1. The van der Waals surface area contributed by atoms with Gasteiger partial charge in [0.2, 0.25) is 0 Å². The number of carbonyl (C=O) groups is 1. The van der Waals surface area contributed by atoms with Crippen LogP contribution in [-0.4, -0.2) is 48.7 Å². The van der Waals surface area contributed by atoms with E-state index in [1.54, 1.807) is 10.7 Å². The van der Waals surface area contributed by atoms with E-state index in [1.165, 1.54) is 6.33 Å². The molecule has 1 fully saturated rings. The van der Waals surface area contributed by atoms with E-state index in [9.17, 15) is 9.59 Å². The maximum Gasteiger partial charge on any atom is 0.256 e. The van der Waals surface area contributed by atoms with Crippen molar-refractivity contribution < 1.29 is 4.79 Å². The van der Waals surface area contributed by atoms with Gasteiger partial charge in [0.25, 0.3) is 11.5 Å². The summed E-state index contributed by atoms with van der Waals surface area (Å²) < 4.78 is 3.44. The first-order valence-corrected chi connectivity index (χ1v) is 9.85. The number of amides is 1. The molecule has 1 aromatic carbocycles. The number of pyridine rings is 1. The molecule has 0 spiro atoms. The minimum atomic E-state index is -0.0139. The molecule has 8 heteroatoms. The number of fused-ring (bicyclic) bond motifs is 4. The molecule has 0 aliphatic carbocycles. The predicted molar refractivity (Wildman–Crippen MR) is 106 cm³/mol. The number of aryl methyl sites for hydroxylation is 1. The fourth-order valence-electron chi connectivity index (χ4n) is 4.77. The highest BCUT2D eigenvalue weighted by Crippen LogP contribution is 2.36. The Balaban J connectivity index is 1.52. The van der Waals surface area contributed by atoms with Gasteiger partial charge in [0.15, 0.2) is 0 Å². The lowest BCUT2D eigenvalue weighted by molar-refractivity contribution is 0.0594. The smallest absolute Gasteiger partial charge is 0.256 e. The van der Waals surface area contributed by atoms with E-state index in [0.717, 1.165) is 28.9 Å². The van der Waals surface area contributed by atoms with E-state index in [2.05, 4.69) is 15.5 Å². The monoisotopic (exact) mass is 390 g/mol. The second kappa shape index (κ2) is 6.65. The van der Waals surface area contributed by atoms with Gasteiger partial charge < -0.3 is 9.47 Å². The van der Waals surface area contributed by atoms with Gasteiger partial charge in [-0.1, -0.05) is 12.1 Å². The van der Waals surface area contributed by atoms with Crippen molar-refractivity contribution in [2.75, 3.05) is 13.1 Å². The third-order valence-corrected chi connectivity index (χ3v) is 6.28. The first kappa shape index (κ1) is 17.8. The van der Waals surface area contributed by atoms with Crippen molar-refractivity contribution in [1.29, 1.82) is 0 Å². The van der Waals surface area contributed by atoms with Crippen molar-refractivity contribution in [3.8, 4) is 5.69 Å². The van der Waals surface area contributed by atoms with Gasteiger partial charge in [-0.3, -0.25) is 9.59 Å². The third kappa shape index (κ3) is 2.86. The van der Waals surface area contributed by atoms with Crippen molar-refractivity contribution in [3.63, 3.8) is 0 Å². The zero-order valence-electron chi connectivity index (χ0n) is 16.4. The maximum absolute atomic E-state index is 13.6. The van der Waals surface area contributed by atoms with E-state index in [0.29, 0.717) is 25.2 Å². The Morgan fingerprint density at radius 3 is 2.76 bits per heavy atom. The fourth-order valence-corrected chi connectivity index (χ4v) is 4.77. The average Bonchev–Trinajstić information content (AvgIpc) is 3.24. The minimum Gasteiger partial charge on any atom is -0.338 e. The minimum absolute atomic E-state index is 0.0139. The molecule has 8 nitrogen and oxygen atoms in total. The fraction of sp³-hybridized carbons (Fsp3) is 0.381. The number of aromatic nitrogens is 5. The van der Waals surface area contributed by atoms with Crippen molar-refractivity contribution in [1.82, 2.24) is 29.7 Å². The Bertz CT molecular complexity index is 1150. The molecule has 2 unspecified atom stereocenters. The van der Waals surface area contributed by atoms with Gasteiger partial charge in [0, 0.05) is 37.3 Å². The van der Waals surface area contributed by atoms with E-state index in [-0.39, 0.29) is 23.3 Å². The third-order valence-electron chi connectivity index (χ3n) is 6.28. The topological polar surface area (TPSA) is 85.9 Å². The molecule has 2 aliphatic heterocycles. The number of nitrogens with zero attached hydrogens (tertiary/aromatic N) is 6. The zero-order valence-corrected chi connectivity index (χ0v) is 16.4. The Morgan fingerprint density at radius 1 is 1.10 bits per heavy atom. The second-order valence-electron chi connectivity index (χ2n) is 8.07. The van der Waals surface area contributed by atoms with Crippen LogP contribution in [0.1, 0.15) is 39.5 Å². The largest absolute Gasteiger partial charge is 0.338 e. The molecule has 3 aromatic rings. The molecule has 1 amide bonds. The van der Waals surface area contributed by atoms with Gasteiger partial charge in [0.1, 0.15) is 6.33 Å². The van der Waals surface area contributed by atoms with Crippen LogP contribution in [0.3, 0.4) is 0 Å². The molecule has 5 rings (SSSR count). The summed E-state index contributed by atoms with van der Waals surface area (Å²) in [6, 6.07) is 9.27. The van der Waals surface area contributed by atoms with E-state index in [4.69, 9.17) is 0 Å². The van der Waals surface area contributed by atoms with Gasteiger partial charge in [0.05, 0.1) is 11.3 Å². The van der Waals surface area contributed by atoms with Crippen molar-refractivity contribution in [2.24, 2.45) is 5.92 Å². The highest BCUT2D eigenvalue weighted by atomic mass is 16.2. The van der Waals surface area contributed by atoms with Gasteiger partial charge in [-0.2, -0.15) is 4.68 Å². The molecule has 148 valence electrons. The van der Waals surface area contributed by atoms with E-state index < -0.39 is 0 Å². The van der Waals surface area contributed by atoms with Crippen LogP contribution in [0, 0.1) is 19.8 Å². The Labute approximate surface area is 167 Å². The maximum atomic E-state index is 13.6. The quantitative estimate of drug-likeness (QED) is 0.665. The molecule has 0 saturated carbocycles. The summed E-state index contributed by atoms with van der Waals surface area (Å²) in [7, 11) is 0. The number of hydrogen-bond acceptors (Lipinski definition) is 5. The molecule has 0 N–H and O–H groups in total. The van der Waals surface area contributed by atoms with Gasteiger partial charge >= 0.3 is 0 Å². The molecule has 2 aromatic heterocycles. The molecule has 4 heterocycles. The Morgan fingerprint density at radius 2 is 1.97 bits per heavy atom. The van der Waals surface area contributed by atoms with E-state index >= 15 is 0 Å². The van der Waals surface area contributed by atoms with E-state index in [1.807, 2.05) is 47.6 Å². The molecule has 0 radical (unpaired) electrons. The number of hydrogen-bond donors (Lipinski definition) is 0. The van der Waals surface area contributed by atoms with Crippen molar-refractivity contribution >= 4 is 5.91 Å². The van der Waals surface area contributed by atoms with Gasteiger partial charge in [-0.15, -0.1) is 5.10 Å². The summed E-state index contributed by atoms with van der Waals surface area (Å²) in [5.41, 5.74) is 4.48. The normalized spacial score (nSPS) is 20.4. The summed E-state index contributed by atoms with van der Waals surface area (Å²) >= 11 is 0. The second-order valence-corrected chi connectivity index (χ2v) is 8.07. The first-order valence-electron chi connectivity index (χ1n) is 9.85. The predicted octanol–water partition coefficient (Wildman–Crippen LogP) is 1.70. The van der Waals surface area contributed by atoms with Crippen LogP contribution < -0.4 is 5.56 Å². The molecule has 29 heavy (non-hydrogen) atoms. The van der Waals surface area contributed by atoms with Crippen molar-refractivity contribution in [2.45, 2.75) is 32.7 Å². The summed E-state index contributed by atoms with van der Waals surface area (Å²) in [6.45, 7) is 5.93. The molecule has 1 saturated heterocycles. The molecule has 2 atom stereocenters. The highest BCUT2D eigenvalue weighted by Gasteiger charge is 2.37. The van der Waals surface area contributed by atoms with Crippen LogP contribution in [-0.2, 0) is 6.54 Å². The molecule has 2 aliphatic rings. The lowest BCUT2D eigenvalue weighted by atomic mass is 9.83. The lowest BCUT2D eigenvalue weighted by Crippen LogP contribution is -2.49. The average molecular weight is 390 g/mol. The van der Waals surface area contributed by atoms with Crippen LogP contribution in [0.25, 0.3) is 5.69 Å². The van der Waals surface area contributed by atoms with Crippen LogP contribution in [0.2, 0.25) is 0 Å².